The summed E-state index contributed by atoms with van der Waals surface area (Å²) >= 11 is 0. The molecular formula is C14H18N2O6S2. The Balaban J connectivity index is 2.94. The van der Waals surface area contributed by atoms with Gasteiger partial charge in [-0.05, 0) is 42.7 Å². The lowest BCUT2D eigenvalue weighted by Gasteiger charge is -2.34. The molecule has 6 N–H and O–H groups in total. The molecule has 1 aromatic carbocycles. The molecule has 0 unspecified atom stereocenters. The summed E-state index contributed by atoms with van der Waals surface area (Å²) < 4.78 is 64.4. The zero-order valence-electron chi connectivity index (χ0n) is 13.0. The van der Waals surface area contributed by atoms with Crippen LogP contribution in [-0.2, 0) is 20.2 Å². The van der Waals surface area contributed by atoms with E-state index in [0.717, 1.165) is 0 Å². The molecule has 1 aliphatic rings. The molecule has 24 heavy (non-hydrogen) atoms. The van der Waals surface area contributed by atoms with E-state index in [1.165, 1.54) is 24.3 Å². The fourth-order valence-electron chi connectivity index (χ4n) is 2.64. The lowest BCUT2D eigenvalue weighted by molar-refractivity contribution is 0.438. The highest BCUT2D eigenvalue weighted by Crippen LogP contribution is 2.46. The maximum atomic E-state index is 12.0. The van der Waals surface area contributed by atoms with Crippen LogP contribution in [0.2, 0.25) is 0 Å². The first-order valence-electron chi connectivity index (χ1n) is 6.79. The van der Waals surface area contributed by atoms with Gasteiger partial charge in [0.05, 0.1) is 0 Å². The van der Waals surface area contributed by atoms with Crippen molar-refractivity contribution in [1.29, 1.82) is 0 Å². The number of hydrogen-bond acceptors (Lipinski definition) is 6. The smallest absolute Gasteiger partial charge is 0.292 e. The molecule has 0 saturated heterocycles. The molecule has 2 rings (SSSR count). The van der Waals surface area contributed by atoms with E-state index in [0.29, 0.717) is 16.8 Å². The third-order valence-electron chi connectivity index (χ3n) is 4.12. The number of hydrogen-bond donors (Lipinski definition) is 4. The molecule has 8 nitrogen and oxygen atoms in total. The molecule has 0 bridgehead atoms. The molecule has 0 fully saturated rings. The lowest BCUT2D eigenvalue weighted by Crippen LogP contribution is -2.49. The molecule has 0 saturated carbocycles. The molecule has 0 radical (unpaired) electrons. The Morgan fingerprint density at radius 1 is 1.04 bits per heavy atom. The average Bonchev–Trinajstić information content (AvgIpc) is 2.41. The van der Waals surface area contributed by atoms with Crippen LogP contribution >= 0.6 is 0 Å². The van der Waals surface area contributed by atoms with Gasteiger partial charge >= 0.3 is 0 Å². The van der Waals surface area contributed by atoms with Crippen LogP contribution in [-0.4, -0.2) is 30.0 Å². The molecule has 0 amide bonds. The minimum atomic E-state index is -5.27. The number of nitrogen functional groups attached to an aromatic ring is 1. The van der Waals surface area contributed by atoms with Crippen LogP contribution < -0.4 is 11.5 Å². The third-order valence-corrected chi connectivity index (χ3v) is 7.77. The van der Waals surface area contributed by atoms with Crippen LogP contribution in [0, 0.1) is 6.92 Å². The Morgan fingerprint density at radius 2 is 1.58 bits per heavy atom. The number of aryl methyl sites for hydroxylation is 1. The van der Waals surface area contributed by atoms with E-state index in [4.69, 9.17) is 11.5 Å². The second-order valence-electron chi connectivity index (χ2n) is 5.72. The van der Waals surface area contributed by atoms with Gasteiger partial charge in [-0.2, -0.15) is 16.8 Å². The number of nitrogens with two attached hydrogens (primary N) is 2. The summed E-state index contributed by atoms with van der Waals surface area (Å²) in [6, 6.07) is 4.36. The largest absolute Gasteiger partial charge is 0.402 e. The predicted molar refractivity (Wildman–Crippen MR) is 90.9 cm³/mol. The Hall–Kier alpha value is -1.88. The molecule has 0 aromatic heterocycles. The summed E-state index contributed by atoms with van der Waals surface area (Å²) in [5, 5.41) is 0. The number of allylic oxidation sites excluding steroid dienone is 3. The van der Waals surface area contributed by atoms with Gasteiger partial charge in [-0.1, -0.05) is 12.1 Å². The average molecular weight is 374 g/mol. The maximum Gasteiger partial charge on any atom is 0.292 e. The van der Waals surface area contributed by atoms with Gasteiger partial charge in [0.2, 0.25) is 0 Å². The summed E-state index contributed by atoms with van der Waals surface area (Å²) in [7, 11) is -10.5. The van der Waals surface area contributed by atoms with Crippen LogP contribution in [0.1, 0.15) is 24.5 Å². The van der Waals surface area contributed by atoms with Crippen molar-refractivity contribution in [2.45, 2.75) is 24.3 Å². The van der Waals surface area contributed by atoms with E-state index in [1.807, 2.05) is 0 Å². The van der Waals surface area contributed by atoms with Crippen LogP contribution in [0.3, 0.4) is 0 Å². The molecule has 0 spiro atoms. The van der Waals surface area contributed by atoms with Gasteiger partial charge < -0.3 is 11.5 Å². The standard InChI is InChI=1S/C14H18N2O6S2/c1-8-5-10(3-4-12(8)15)11-6-9(2)13(16)7-14(11,23(17,18)19)24(20,21)22/h3-6H,7,15-16H2,1-2H3,(H,17,18,19)(H,20,21,22). The topological polar surface area (TPSA) is 161 Å². The first-order valence-corrected chi connectivity index (χ1v) is 9.67. The Kier molecular flexibility index (Phi) is 4.30. The van der Waals surface area contributed by atoms with Gasteiger partial charge in [-0.15, -0.1) is 0 Å². The summed E-state index contributed by atoms with van der Waals surface area (Å²) in [6.45, 7) is 3.22. The van der Waals surface area contributed by atoms with E-state index < -0.39 is 30.7 Å². The molecule has 132 valence electrons. The van der Waals surface area contributed by atoms with Gasteiger partial charge in [0, 0.05) is 23.4 Å². The van der Waals surface area contributed by atoms with E-state index in [9.17, 15) is 25.9 Å². The molecule has 10 heteroatoms. The Morgan fingerprint density at radius 3 is 2.04 bits per heavy atom. The van der Waals surface area contributed by atoms with Crippen LogP contribution in [0.5, 0.6) is 0 Å². The van der Waals surface area contributed by atoms with E-state index in [-0.39, 0.29) is 16.8 Å². The highest BCUT2D eigenvalue weighted by atomic mass is 32.3. The van der Waals surface area contributed by atoms with Crippen molar-refractivity contribution < 1.29 is 25.9 Å². The first kappa shape index (κ1) is 18.5. The lowest BCUT2D eigenvalue weighted by atomic mass is 9.90. The highest BCUT2D eigenvalue weighted by molar-refractivity contribution is 8.06. The highest BCUT2D eigenvalue weighted by Gasteiger charge is 2.59. The number of anilines is 1. The maximum absolute atomic E-state index is 12.0. The van der Waals surface area contributed by atoms with Crippen molar-refractivity contribution in [2.75, 3.05) is 5.73 Å². The summed E-state index contributed by atoms with van der Waals surface area (Å²) in [4.78, 5) is 0. The van der Waals surface area contributed by atoms with E-state index in [1.54, 1.807) is 13.8 Å². The van der Waals surface area contributed by atoms with Crippen molar-refractivity contribution >= 4 is 31.5 Å². The monoisotopic (exact) mass is 374 g/mol. The van der Waals surface area contributed by atoms with E-state index >= 15 is 0 Å². The molecule has 1 aliphatic carbocycles. The quantitative estimate of drug-likeness (QED) is 0.451. The fraction of sp³-hybridized carbons (Fsp3) is 0.286. The Bertz CT molecular complexity index is 943. The minimum absolute atomic E-state index is 0.0684. The second-order valence-corrected chi connectivity index (χ2v) is 9.27. The molecule has 1 aromatic rings. The van der Waals surface area contributed by atoms with Crippen molar-refractivity contribution in [3.63, 3.8) is 0 Å². The van der Waals surface area contributed by atoms with Gasteiger partial charge in [-0.3, -0.25) is 9.11 Å². The van der Waals surface area contributed by atoms with Gasteiger partial charge in [0.15, 0.2) is 0 Å². The van der Waals surface area contributed by atoms with Crippen molar-refractivity contribution in [1.82, 2.24) is 0 Å². The normalized spacial score (nSPS) is 18.4. The van der Waals surface area contributed by atoms with E-state index in [2.05, 4.69) is 0 Å². The van der Waals surface area contributed by atoms with Crippen LogP contribution in [0.15, 0.2) is 35.5 Å². The minimum Gasteiger partial charge on any atom is -0.402 e. The summed E-state index contributed by atoms with van der Waals surface area (Å²) in [5.41, 5.74) is 12.7. The zero-order valence-corrected chi connectivity index (χ0v) is 14.6. The number of benzene rings is 1. The predicted octanol–water partition coefficient (Wildman–Crippen LogP) is 1.07. The first-order chi connectivity index (χ1) is 10.8. The Labute approximate surface area is 140 Å². The third kappa shape index (κ3) is 2.71. The van der Waals surface area contributed by atoms with Crippen molar-refractivity contribution in [3.05, 3.63) is 46.7 Å². The van der Waals surface area contributed by atoms with Crippen molar-refractivity contribution in [2.24, 2.45) is 5.73 Å². The fourth-order valence-corrected chi connectivity index (χ4v) is 5.29. The molecule has 0 heterocycles. The van der Waals surface area contributed by atoms with Gasteiger partial charge in [0.1, 0.15) is 0 Å². The SMILES string of the molecule is CC1=C(N)CC(S(=O)(=O)O)(S(=O)(=O)O)C(c2ccc(N)c(C)c2)=C1. The second kappa shape index (κ2) is 5.59. The summed E-state index contributed by atoms with van der Waals surface area (Å²) in [5.74, 6) is 0. The van der Waals surface area contributed by atoms with Gasteiger partial charge in [-0.25, -0.2) is 0 Å². The summed E-state index contributed by atoms with van der Waals surface area (Å²) in [6.07, 6.45) is 0.442. The van der Waals surface area contributed by atoms with Crippen molar-refractivity contribution in [3.8, 4) is 0 Å². The van der Waals surface area contributed by atoms with Gasteiger partial charge in [0.25, 0.3) is 24.3 Å². The number of rotatable bonds is 3. The molecule has 0 atom stereocenters. The molecular weight excluding hydrogens is 356 g/mol. The van der Waals surface area contributed by atoms with Crippen LogP contribution in [0.25, 0.3) is 5.57 Å². The van der Waals surface area contributed by atoms with Crippen LogP contribution in [0.4, 0.5) is 5.69 Å². The molecule has 0 aliphatic heterocycles. The zero-order chi connectivity index (χ0) is 18.5.